The summed E-state index contributed by atoms with van der Waals surface area (Å²) in [5.74, 6) is 0.438. The van der Waals surface area contributed by atoms with Gasteiger partial charge in [-0.3, -0.25) is 4.79 Å². The van der Waals surface area contributed by atoms with Crippen molar-refractivity contribution in [2.75, 3.05) is 25.5 Å². The average Bonchev–Trinajstić information content (AvgIpc) is 3.63. The molecule has 184 valence electrons. The molecule has 0 radical (unpaired) electrons. The van der Waals surface area contributed by atoms with E-state index in [9.17, 15) is 13.2 Å². The SMILES string of the molecule is COc1ccc(-c2cnnn2-c2ccc(NC(=O)c3ccc(S(=O)(=O)N4CCCC4)cc3)cc2)cc1. The van der Waals surface area contributed by atoms with Gasteiger partial charge in [0.25, 0.3) is 5.91 Å². The molecule has 1 N–H and O–H groups in total. The minimum atomic E-state index is -3.51. The number of sulfonamides is 1. The Kier molecular flexibility index (Phi) is 6.53. The number of amides is 1. The predicted octanol–water partition coefficient (Wildman–Crippen LogP) is 3.98. The molecular formula is C26H25N5O4S. The number of benzene rings is 3. The third kappa shape index (κ3) is 4.73. The largest absolute Gasteiger partial charge is 0.497 e. The topological polar surface area (TPSA) is 106 Å². The number of nitrogens with zero attached hydrogens (tertiary/aromatic N) is 4. The molecule has 10 heteroatoms. The molecule has 1 fully saturated rings. The lowest BCUT2D eigenvalue weighted by Gasteiger charge is -2.15. The van der Waals surface area contributed by atoms with Gasteiger partial charge < -0.3 is 10.1 Å². The number of methoxy groups -OCH3 is 1. The standard InChI is InChI=1S/C26H25N5O4S/c1-35-23-12-4-19(5-13-23)25-18-27-29-31(25)22-10-8-21(9-11-22)28-26(32)20-6-14-24(15-7-20)36(33,34)30-16-2-3-17-30/h4-15,18H,2-3,16-17H2,1H3,(H,28,32). The zero-order valence-corrected chi connectivity index (χ0v) is 20.5. The summed E-state index contributed by atoms with van der Waals surface area (Å²) in [6.45, 7) is 1.08. The van der Waals surface area contributed by atoms with E-state index in [-0.39, 0.29) is 10.8 Å². The molecule has 1 aromatic heterocycles. The molecule has 9 nitrogen and oxygen atoms in total. The van der Waals surface area contributed by atoms with Crippen molar-refractivity contribution < 1.29 is 17.9 Å². The molecule has 2 heterocycles. The summed E-state index contributed by atoms with van der Waals surface area (Å²) in [5.41, 5.74) is 3.51. The summed E-state index contributed by atoms with van der Waals surface area (Å²) in [5, 5.41) is 11.1. The zero-order chi connectivity index (χ0) is 25.1. The van der Waals surface area contributed by atoms with Crippen molar-refractivity contribution in [3.05, 3.63) is 84.6 Å². The van der Waals surface area contributed by atoms with Crippen LogP contribution >= 0.6 is 0 Å². The highest BCUT2D eigenvalue weighted by Gasteiger charge is 2.27. The molecular weight excluding hydrogens is 478 g/mol. The van der Waals surface area contributed by atoms with Crippen LogP contribution in [0.1, 0.15) is 23.2 Å². The van der Waals surface area contributed by atoms with E-state index in [1.807, 2.05) is 36.4 Å². The molecule has 4 aromatic rings. The number of aromatic nitrogens is 3. The molecule has 1 saturated heterocycles. The first kappa shape index (κ1) is 23.7. The lowest BCUT2D eigenvalue weighted by Crippen LogP contribution is -2.27. The van der Waals surface area contributed by atoms with Crippen molar-refractivity contribution in [2.24, 2.45) is 0 Å². The van der Waals surface area contributed by atoms with E-state index in [4.69, 9.17) is 4.74 Å². The predicted molar refractivity (Wildman–Crippen MR) is 136 cm³/mol. The Labute approximate surface area is 209 Å². The van der Waals surface area contributed by atoms with E-state index in [0.717, 1.165) is 35.5 Å². The van der Waals surface area contributed by atoms with Crippen LogP contribution in [0.5, 0.6) is 5.75 Å². The van der Waals surface area contributed by atoms with Crippen molar-refractivity contribution in [1.29, 1.82) is 0 Å². The molecule has 0 aliphatic carbocycles. The van der Waals surface area contributed by atoms with Crippen LogP contribution in [-0.2, 0) is 10.0 Å². The second kappa shape index (κ2) is 9.92. The number of carbonyl (C=O) groups excluding carboxylic acids is 1. The maximum absolute atomic E-state index is 12.7. The molecule has 0 unspecified atom stereocenters. The van der Waals surface area contributed by atoms with Gasteiger partial charge in [-0.2, -0.15) is 4.31 Å². The Morgan fingerprint density at radius 2 is 1.58 bits per heavy atom. The Morgan fingerprint density at radius 3 is 2.22 bits per heavy atom. The van der Waals surface area contributed by atoms with Crippen LogP contribution in [0.15, 0.2) is 83.9 Å². The van der Waals surface area contributed by atoms with Crippen LogP contribution < -0.4 is 10.1 Å². The zero-order valence-electron chi connectivity index (χ0n) is 19.7. The summed E-state index contributed by atoms with van der Waals surface area (Å²) in [7, 11) is -1.89. The first-order chi connectivity index (χ1) is 17.5. The average molecular weight is 504 g/mol. The number of hydrogen-bond acceptors (Lipinski definition) is 6. The number of nitrogens with one attached hydrogen (secondary N) is 1. The van der Waals surface area contributed by atoms with Gasteiger partial charge in [0.05, 0.1) is 29.6 Å². The van der Waals surface area contributed by atoms with Crippen LogP contribution in [0.3, 0.4) is 0 Å². The summed E-state index contributed by atoms with van der Waals surface area (Å²) in [4.78, 5) is 12.9. The van der Waals surface area contributed by atoms with E-state index in [1.54, 1.807) is 30.1 Å². The van der Waals surface area contributed by atoms with Crippen molar-refractivity contribution in [3.8, 4) is 22.7 Å². The number of carbonyl (C=O) groups is 1. The first-order valence-electron chi connectivity index (χ1n) is 11.5. The molecule has 36 heavy (non-hydrogen) atoms. The fraction of sp³-hybridized carbons (Fsp3) is 0.192. The van der Waals surface area contributed by atoms with Crippen LogP contribution in [0.4, 0.5) is 5.69 Å². The summed E-state index contributed by atoms with van der Waals surface area (Å²) in [6.07, 6.45) is 3.43. The minimum absolute atomic E-state index is 0.200. The number of rotatable bonds is 7. The summed E-state index contributed by atoms with van der Waals surface area (Å²) >= 11 is 0. The highest BCUT2D eigenvalue weighted by Crippen LogP contribution is 2.25. The van der Waals surface area contributed by atoms with Gasteiger partial charge >= 0.3 is 0 Å². The Balaban J connectivity index is 1.28. The molecule has 0 atom stereocenters. The van der Waals surface area contributed by atoms with Gasteiger partial charge in [-0.05, 0) is 85.6 Å². The second-order valence-corrected chi connectivity index (χ2v) is 10.3. The van der Waals surface area contributed by atoms with Crippen LogP contribution in [-0.4, -0.2) is 53.8 Å². The molecule has 0 spiro atoms. The van der Waals surface area contributed by atoms with Gasteiger partial charge in [0.2, 0.25) is 10.0 Å². The maximum Gasteiger partial charge on any atom is 0.255 e. The van der Waals surface area contributed by atoms with Crippen LogP contribution in [0.2, 0.25) is 0 Å². The highest BCUT2D eigenvalue weighted by atomic mass is 32.2. The molecule has 0 saturated carbocycles. The van der Waals surface area contributed by atoms with Crippen molar-refractivity contribution >= 4 is 21.6 Å². The van der Waals surface area contributed by atoms with Gasteiger partial charge in [-0.25, -0.2) is 13.1 Å². The van der Waals surface area contributed by atoms with Gasteiger partial charge in [0.1, 0.15) is 5.75 Å². The van der Waals surface area contributed by atoms with Crippen LogP contribution in [0, 0.1) is 0 Å². The van der Waals surface area contributed by atoms with Gasteiger partial charge in [-0.15, -0.1) is 5.10 Å². The second-order valence-electron chi connectivity index (χ2n) is 8.40. The van der Waals surface area contributed by atoms with Crippen LogP contribution in [0.25, 0.3) is 16.9 Å². The Hall–Kier alpha value is -4.02. The van der Waals surface area contributed by atoms with Gasteiger partial charge in [0, 0.05) is 29.9 Å². The van der Waals surface area contributed by atoms with Crippen molar-refractivity contribution in [2.45, 2.75) is 17.7 Å². The Bertz CT molecular complexity index is 1460. The molecule has 1 amide bonds. The lowest BCUT2D eigenvalue weighted by atomic mass is 10.1. The van der Waals surface area contributed by atoms with Gasteiger partial charge in [-0.1, -0.05) is 5.21 Å². The highest BCUT2D eigenvalue weighted by molar-refractivity contribution is 7.89. The summed E-state index contributed by atoms with van der Waals surface area (Å²) < 4.78 is 33.8. The Morgan fingerprint density at radius 1 is 0.917 bits per heavy atom. The minimum Gasteiger partial charge on any atom is -0.497 e. The third-order valence-corrected chi connectivity index (χ3v) is 8.04. The first-order valence-corrected chi connectivity index (χ1v) is 13.0. The van der Waals surface area contributed by atoms with E-state index in [0.29, 0.717) is 24.3 Å². The van der Waals surface area contributed by atoms with E-state index in [2.05, 4.69) is 15.6 Å². The maximum atomic E-state index is 12.7. The molecule has 0 bridgehead atoms. The molecule has 1 aliphatic rings. The number of ether oxygens (including phenoxy) is 1. The molecule has 5 rings (SSSR count). The molecule has 1 aliphatic heterocycles. The normalized spacial score (nSPS) is 14.0. The summed E-state index contributed by atoms with van der Waals surface area (Å²) in [6, 6.07) is 20.9. The van der Waals surface area contributed by atoms with E-state index in [1.165, 1.54) is 28.6 Å². The third-order valence-electron chi connectivity index (χ3n) is 6.12. The van der Waals surface area contributed by atoms with Crippen molar-refractivity contribution in [3.63, 3.8) is 0 Å². The van der Waals surface area contributed by atoms with E-state index < -0.39 is 10.0 Å². The monoisotopic (exact) mass is 503 g/mol. The fourth-order valence-corrected chi connectivity index (χ4v) is 5.65. The smallest absolute Gasteiger partial charge is 0.255 e. The van der Waals surface area contributed by atoms with Crippen molar-refractivity contribution in [1.82, 2.24) is 19.3 Å². The number of hydrogen-bond donors (Lipinski definition) is 1. The van der Waals surface area contributed by atoms with Gasteiger partial charge in [0.15, 0.2) is 0 Å². The fourth-order valence-electron chi connectivity index (χ4n) is 4.13. The lowest BCUT2D eigenvalue weighted by molar-refractivity contribution is 0.102. The molecule has 3 aromatic carbocycles. The quantitative estimate of drug-likeness (QED) is 0.409. The van der Waals surface area contributed by atoms with E-state index >= 15 is 0 Å². The number of anilines is 1.